The second-order valence-corrected chi connectivity index (χ2v) is 7.76. The van der Waals surface area contributed by atoms with Crippen molar-refractivity contribution in [2.75, 3.05) is 25.5 Å². The third-order valence-corrected chi connectivity index (χ3v) is 6.01. The molecule has 3 aromatic heterocycles. The van der Waals surface area contributed by atoms with Gasteiger partial charge >= 0.3 is 0 Å². The van der Waals surface area contributed by atoms with E-state index in [0.717, 1.165) is 35.6 Å². The van der Waals surface area contributed by atoms with Crippen LogP contribution in [0.25, 0.3) is 21.1 Å². The molecular weight excluding hydrogens is 344 g/mol. The van der Waals surface area contributed by atoms with Crippen molar-refractivity contribution in [2.45, 2.75) is 18.8 Å². The van der Waals surface area contributed by atoms with Gasteiger partial charge in [0.15, 0.2) is 5.82 Å². The SMILES string of the molecule is CN1CCC(c2nsc3cc(Nc4n[nH]c5cccnc45)ccc23)CC1. The summed E-state index contributed by atoms with van der Waals surface area (Å²) in [6, 6.07) is 10.3. The zero-order valence-electron chi connectivity index (χ0n) is 14.6. The Hall–Kier alpha value is -2.51. The highest BCUT2D eigenvalue weighted by molar-refractivity contribution is 7.13. The minimum atomic E-state index is 0.582. The molecule has 2 N–H and O–H groups in total. The Labute approximate surface area is 155 Å². The zero-order valence-corrected chi connectivity index (χ0v) is 15.4. The maximum Gasteiger partial charge on any atom is 0.178 e. The maximum absolute atomic E-state index is 4.79. The topological polar surface area (TPSA) is 69.7 Å². The van der Waals surface area contributed by atoms with Gasteiger partial charge in [0.05, 0.1) is 15.9 Å². The lowest BCUT2D eigenvalue weighted by Crippen LogP contribution is -2.29. The maximum atomic E-state index is 4.79. The minimum Gasteiger partial charge on any atom is -0.337 e. The first-order valence-corrected chi connectivity index (χ1v) is 9.69. The number of fused-ring (bicyclic) bond motifs is 2. The summed E-state index contributed by atoms with van der Waals surface area (Å²) in [6.07, 6.45) is 4.17. The number of benzene rings is 1. The van der Waals surface area contributed by atoms with Crippen LogP contribution in [0.3, 0.4) is 0 Å². The Morgan fingerprint density at radius 1 is 1.23 bits per heavy atom. The number of likely N-dealkylation sites (tertiary alicyclic amines) is 1. The summed E-state index contributed by atoms with van der Waals surface area (Å²) < 4.78 is 6.01. The molecule has 1 aliphatic heterocycles. The fourth-order valence-electron chi connectivity index (χ4n) is 3.69. The second kappa shape index (κ2) is 6.34. The quantitative estimate of drug-likeness (QED) is 0.572. The number of nitrogens with zero attached hydrogens (tertiary/aromatic N) is 4. The molecule has 5 rings (SSSR count). The number of H-pyrrole nitrogens is 1. The number of aromatic amines is 1. The molecule has 1 saturated heterocycles. The molecular formula is C19H20N6S. The van der Waals surface area contributed by atoms with Crippen LogP contribution in [0.2, 0.25) is 0 Å². The molecule has 0 unspecified atom stereocenters. The van der Waals surface area contributed by atoms with E-state index in [1.165, 1.54) is 28.6 Å². The first-order chi connectivity index (χ1) is 12.8. The van der Waals surface area contributed by atoms with Crippen LogP contribution in [0.4, 0.5) is 11.5 Å². The Bertz CT molecular complexity index is 1060. The van der Waals surface area contributed by atoms with E-state index in [2.05, 4.69) is 50.6 Å². The summed E-state index contributed by atoms with van der Waals surface area (Å²) in [7, 11) is 2.20. The van der Waals surface area contributed by atoms with E-state index in [1.54, 1.807) is 17.7 Å². The van der Waals surface area contributed by atoms with Crippen LogP contribution in [0.5, 0.6) is 0 Å². The average Bonchev–Trinajstić information content (AvgIpc) is 3.27. The summed E-state index contributed by atoms with van der Waals surface area (Å²) in [5, 5.41) is 12.0. The van der Waals surface area contributed by atoms with E-state index < -0.39 is 0 Å². The highest BCUT2D eigenvalue weighted by Gasteiger charge is 2.22. The molecule has 0 atom stereocenters. The van der Waals surface area contributed by atoms with Crippen LogP contribution in [0.1, 0.15) is 24.5 Å². The fraction of sp³-hybridized carbons (Fsp3) is 0.316. The lowest BCUT2D eigenvalue weighted by Gasteiger charge is -2.28. The van der Waals surface area contributed by atoms with Crippen molar-refractivity contribution < 1.29 is 0 Å². The van der Waals surface area contributed by atoms with Crippen molar-refractivity contribution >= 4 is 44.2 Å². The summed E-state index contributed by atoms with van der Waals surface area (Å²) in [5.74, 6) is 1.33. The Kier molecular flexibility index (Phi) is 3.83. The van der Waals surface area contributed by atoms with Crippen LogP contribution in [-0.4, -0.2) is 44.6 Å². The van der Waals surface area contributed by atoms with Gasteiger partial charge in [0.25, 0.3) is 0 Å². The number of hydrogen-bond acceptors (Lipinski definition) is 6. The fourth-order valence-corrected chi connectivity index (χ4v) is 4.58. The molecule has 7 heteroatoms. The summed E-state index contributed by atoms with van der Waals surface area (Å²) in [4.78, 5) is 6.80. The van der Waals surface area contributed by atoms with Crippen LogP contribution in [0, 0.1) is 0 Å². The van der Waals surface area contributed by atoms with Gasteiger partial charge in [0.1, 0.15) is 5.52 Å². The lowest BCUT2D eigenvalue weighted by atomic mass is 9.92. The van der Waals surface area contributed by atoms with E-state index in [9.17, 15) is 0 Å². The third kappa shape index (κ3) is 2.73. The molecule has 0 spiro atoms. The molecule has 4 aromatic rings. The molecule has 0 amide bonds. The van der Waals surface area contributed by atoms with Crippen LogP contribution < -0.4 is 5.32 Å². The highest BCUT2D eigenvalue weighted by atomic mass is 32.1. The Morgan fingerprint density at radius 3 is 3.00 bits per heavy atom. The summed E-state index contributed by atoms with van der Waals surface area (Å²) in [5.41, 5.74) is 4.06. The van der Waals surface area contributed by atoms with Gasteiger partial charge in [-0.2, -0.15) is 9.47 Å². The average molecular weight is 364 g/mol. The normalized spacial score (nSPS) is 16.5. The standard InChI is InChI=1S/C19H20N6S/c1-25-9-6-12(7-10-25)17-14-5-4-13(11-16(14)26-24-17)21-19-18-15(22-23-19)3-2-8-20-18/h2-5,8,11-12H,6-7,9-10H2,1H3,(H2,21,22,23). The molecule has 0 bridgehead atoms. The van der Waals surface area contributed by atoms with Crippen molar-refractivity contribution in [3.8, 4) is 0 Å². The monoisotopic (exact) mass is 364 g/mol. The van der Waals surface area contributed by atoms with E-state index in [0.29, 0.717) is 5.92 Å². The molecule has 1 aliphatic rings. The molecule has 0 saturated carbocycles. The molecule has 0 radical (unpaired) electrons. The van der Waals surface area contributed by atoms with Crippen molar-refractivity contribution in [3.05, 3.63) is 42.2 Å². The molecule has 4 heterocycles. The number of pyridine rings is 1. The van der Waals surface area contributed by atoms with Gasteiger partial charge in [-0.1, -0.05) is 0 Å². The predicted octanol–water partition coefficient (Wildman–Crippen LogP) is 4.12. The van der Waals surface area contributed by atoms with Gasteiger partial charge in [0, 0.05) is 23.2 Å². The highest BCUT2D eigenvalue weighted by Crippen LogP contribution is 2.35. The summed E-state index contributed by atoms with van der Waals surface area (Å²) in [6.45, 7) is 2.31. The van der Waals surface area contributed by atoms with Gasteiger partial charge < -0.3 is 10.2 Å². The minimum absolute atomic E-state index is 0.582. The van der Waals surface area contributed by atoms with Crippen molar-refractivity contribution in [2.24, 2.45) is 0 Å². The number of piperidine rings is 1. The van der Waals surface area contributed by atoms with Gasteiger partial charge in [-0.05, 0) is 74.8 Å². The molecule has 1 fully saturated rings. The van der Waals surface area contributed by atoms with Crippen LogP contribution in [0.15, 0.2) is 36.5 Å². The molecule has 6 nitrogen and oxygen atoms in total. The Morgan fingerprint density at radius 2 is 2.12 bits per heavy atom. The van der Waals surface area contributed by atoms with Crippen molar-refractivity contribution in [3.63, 3.8) is 0 Å². The van der Waals surface area contributed by atoms with Crippen molar-refractivity contribution in [1.82, 2.24) is 24.5 Å². The third-order valence-electron chi connectivity index (χ3n) is 5.19. The first-order valence-electron chi connectivity index (χ1n) is 8.92. The van der Waals surface area contributed by atoms with Gasteiger partial charge in [-0.25, -0.2) is 0 Å². The molecule has 0 aliphatic carbocycles. The zero-order chi connectivity index (χ0) is 17.5. The summed E-state index contributed by atoms with van der Waals surface area (Å²) >= 11 is 1.59. The van der Waals surface area contributed by atoms with E-state index in [-0.39, 0.29) is 0 Å². The molecule has 1 aromatic carbocycles. The Balaban J connectivity index is 1.44. The second-order valence-electron chi connectivity index (χ2n) is 6.95. The number of aromatic nitrogens is 4. The predicted molar refractivity (Wildman–Crippen MR) is 106 cm³/mol. The number of nitrogens with one attached hydrogen (secondary N) is 2. The number of anilines is 2. The first kappa shape index (κ1) is 15.7. The lowest BCUT2D eigenvalue weighted by molar-refractivity contribution is 0.254. The largest absolute Gasteiger partial charge is 0.337 e. The van der Waals surface area contributed by atoms with E-state index >= 15 is 0 Å². The van der Waals surface area contributed by atoms with E-state index in [4.69, 9.17) is 4.37 Å². The van der Waals surface area contributed by atoms with Crippen LogP contribution >= 0.6 is 11.5 Å². The smallest absolute Gasteiger partial charge is 0.178 e. The van der Waals surface area contributed by atoms with Gasteiger partial charge in [0.2, 0.25) is 0 Å². The van der Waals surface area contributed by atoms with Gasteiger partial charge in [-0.15, -0.1) is 0 Å². The van der Waals surface area contributed by atoms with Crippen LogP contribution in [-0.2, 0) is 0 Å². The number of rotatable bonds is 3. The van der Waals surface area contributed by atoms with E-state index in [1.807, 2.05) is 12.1 Å². The molecule has 26 heavy (non-hydrogen) atoms. The van der Waals surface area contributed by atoms with Gasteiger partial charge in [-0.3, -0.25) is 10.1 Å². The van der Waals surface area contributed by atoms with Crippen molar-refractivity contribution in [1.29, 1.82) is 0 Å². The number of hydrogen-bond donors (Lipinski definition) is 2. The molecule has 132 valence electrons.